The first-order valence-electron chi connectivity index (χ1n) is 12.9. The average molecular weight is 542 g/mol. The van der Waals surface area contributed by atoms with Crippen molar-refractivity contribution in [2.24, 2.45) is 11.8 Å². The first kappa shape index (κ1) is 25.7. The molecule has 6 rings (SSSR count). The number of rotatable bonds is 9. The standard InChI is InChI=1S/C30H27N3O7/c1-38-22-14-12-21(13-15-22)30(19-8-4-2-5-9-19,20-10-6-3-7-11-20)39-18-23-25-26(27(25)33(36)37)28(40-23)32-17-16-24(34)31-29(32)35/h2-17,23,25-28H,18H2,1H3,(H,31,34,35)/t23-,25-,26+,27?,28-/m1/s1. The lowest BCUT2D eigenvalue weighted by Gasteiger charge is -2.37. The van der Waals surface area contributed by atoms with Gasteiger partial charge in [-0.25, -0.2) is 4.79 Å². The van der Waals surface area contributed by atoms with Gasteiger partial charge in [0.2, 0.25) is 6.04 Å². The molecule has 2 fully saturated rings. The van der Waals surface area contributed by atoms with Crippen molar-refractivity contribution in [3.63, 3.8) is 0 Å². The van der Waals surface area contributed by atoms with Crippen molar-refractivity contribution in [3.05, 3.63) is 145 Å². The summed E-state index contributed by atoms with van der Waals surface area (Å²) in [7, 11) is 1.60. The molecule has 4 aromatic rings. The average Bonchev–Trinajstić information content (AvgIpc) is 3.63. The molecule has 204 valence electrons. The van der Waals surface area contributed by atoms with E-state index >= 15 is 0 Å². The van der Waals surface area contributed by atoms with Crippen LogP contribution in [0.3, 0.4) is 0 Å². The molecular formula is C30H27N3O7. The van der Waals surface area contributed by atoms with Crippen LogP contribution >= 0.6 is 0 Å². The molecular weight excluding hydrogens is 514 g/mol. The highest BCUT2D eigenvalue weighted by atomic mass is 16.6. The molecule has 1 aliphatic heterocycles. The third-order valence-electron chi connectivity index (χ3n) is 7.86. The molecule has 0 spiro atoms. The first-order chi connectivity index (χ1) is 19.4. The van der Waals surface area contributed by atoms with E-state index in [0.717, 1.165) is 16.7 Å². The van der Waals surface area contributed by atoms with Gasteiger partial charge >= 0.3 is 5.69 Å². The zero-order valence-electron chi connectivity index (χ0n) is 21.6. The predicted octanol–water partition coefficient (Wildman–Crippen LogP) is 3.34. The number of fused-ring (bicyclic) bond motifs is 1. The van der Waals surface area contributed by atoms with Gasteiger partial charge in [-0.3, -0.25) is 24.5 Å². The second kappa shape index (κ2) is 10.2. The van der Waals surface area contributed by atoms with E-state index in [1.165, 1.54) is 16.8 Å². The van der Waals surface area contributed by atoms with Gasteiger partial charge in [0.25, 0.3) is 5.56 Å². The second-order valence-electron chi connectivity index (χ2n) is 9.97. The number of nitro groups is 1. The summed E-state index contributed by atoms with van der Waals surface area (Å²) >= 11 is 0. The number of ether oxygens (including phenoxy) is 3. The number of aromatic amines is 1. The minimum absolute atomic E-state index is 0.0237. The Morgan fingerprint density at radius 1 is 0.900 bits per heavy atom. The number of hydrogen-bond acceptors (Lipinski definition) is 7. The van der Waals surface area contributed by atoms with Gasteiger partial charge in [-0.1, -0.05) is 72.8 Å². The summed E-state index contributed by atoms with van der Waals surface area (Å²) in [4.78, 5) is 37.9. The minimum Gasteiger partial charge on any atom is -0.497 e. The van der Waals surface area contributed by atoms with Crippen molar-refractivity contribution >= 4 is 0 Å². The van der Waals surface area contributed by atoms with Crippen LogP contribution in [0.2, 0.25) is 0 Å². The van der Waals surface area contributed by atoms with Crippen molar-refractivity contribution < 1.29 is 19.1 Å². The van der Waals surface area contributed by atoms with E-state index in [9.17, 15) is 19.7 Å². The number of hydrogen-bond donors (Lipinski definition) is 1. The van der Waals surface area contributed by atoms with E-state index in [4.69, 9.17) is 14.2 Å². The third-order valence-corrected chi connectivity index (χ3v) is 7.86. The molecule has 0 bridgehead atoms. The van der Waals surface area contributed by atoms with Gasteiger partial charge in [-0.15, -0.1) is 0 Å². The summed E-state index contributed by atoms with van der Waals surface area (Å²) in [5.41, 5.74) is 0.293. The summed E-state index contributed by atoms with van der Waals surface area (Å²) in [6, 6.07) is 27.5. The molecule has 1 unspecified atom stereocenters. The van der Waals surface area contributed by atoms with Crippen molar-refractivity contribution in [1.29, 1.82) is 0 Å². The predicted molar refractivity (Wildman–Crippen MR) is 145 cm³/mol. The summed E-state index contributed by atoms with van der Waals surface area (Å²) < 4.78 is 19.7. The molecule has 2 heterocycles. The van der Waals surface area contributed by atoms with Gasteiger partial charge in [0.05, 0.1) is 31.7 Å². The van der Waals surface area contributed by atoms with Crippen LogP contribution < -0.4 is 16.0 Å². The molecule has 1 saturated carbocycles. The molecule has 1 N–H and O–H groups in total. The molecule has 3 aromatic carbocycles. The van der Waals surface area contributed by atoms with E-state index in [0.29, 0.717) is 5.75 Å². The molecule has 5 atom stereocenters. The van der Waals surface area contributed by atoms with Gasteiger partial charge in [-0.05, 0) is 28.8 Å². The molecule has 1 aliphatic carbocycles. The van der Waals surface area contributed by atoms with E-state index in [1.807, 2.05) is 84.9 Å². The molecule has 10 heteroatoms. The Bertz CT molecular complexity index is 1580. The van der Waals surface area contributed by atoms with E-state index < -0.39 is 47.1 Å². The fourth-order valence-electron chi connectivity index (χ4n) is 5.97. The lowest BCUT2D eigenvalue weighted by Crippen LogP contribution is -2.38. The van der Waals surface area contributed by atoms with Gasteiger partial charge in [0.1, 0.15) is 17.6 Å². The molecule has 10 nitrogen and oxygen atoms in total. The zero-order chi connectivity index (χ0) is 27.9. The van der Waals surface area contributed by atoms with Crippen LogP contribution in [0.25, 0.3) is 0 Å². The monoisotopic (exact) mass is 541 g/mol. The molecule has 1 aromatic heterocycles. The van der Waals surface area contributed by atoms with Crippen molar-refractivity contribution in [3.8, 4) is 5.75 Å². The van der Waals surface area contributed by atoms with E-state index in [1.54, 1.807) is 7.11 Å². The topological polar surface area (TPSA) is 126 Å². The Morgan fingerprint density at radius 3 is 2.05 bits per heavy atom. The number of benzene rings is 3. The van der Waals surface area contributed by atoms with Crippen LogP contribution in [0.15, 0.2) is 107 Å². The fraction of sp³-hybridized carbons (Fsp3) is 0.267. The summed E-state index contributed by atoms with van der Waals surface area (Å²) in [6.07, 6.45) is -0.228. The SMILES string of the molecule is COc1ccc(C(OC[C@H]2O[C@@H](n3ccc(=O)[nH]c3=O)[C@@H]3C([N+](=O)[O-])[C@@H]32)(c2ccccc2)c2ccccc2)cc1. The van der Waals surface area contributed by atoms with Crippen LogP contribution in [0.1, 0.15) is 22.9 Å². The van der Waals surface area contributed by atoms with Crippen molar-refractivity contribution in [2.45, 2.75) is 24.0 Å². The quantitative estimate of drug-likeness (QED) is 0.196. The first-order valence-corrected chi connectivity index (χ1v) is 12.9. The highest BCUT2D eigenvalue weighted by Crippen LogP contribution is 2.58. The van der Waals surface area contributed by atoms with Crippen LogP contribution in [0.4, 0.5) is 0 Å². The maximum absolute atomic E-state index is 12.5. The zero-order valence-corrected chi connectivity index (χ0v) is 21.6. The molecule has 0 amide bonds. The largest absolute Gasteiger partial charge is 0.497 e. The number of nitrogens with zero attached hydrogens (tertiary/aromatic N) is 2. The number of H-pyrrole nitrogens is 1. The Labute approximate surface area is 228 Å². The molecule has 0 radical (unpaired) electrons. The Balaban J connectivity index is 1.40. The van der Waals surface area contributed by atoms with Crippen LogP contribution in [-0.2, 0) is 15.1 Å². The second-order valence-corrected chi connectivity index (χ2v) is 9.97. The number of aromatic nitrogens is 2. The fourth-order valence-corrected chi connectivity index (χ4v) is 5.97. The molecule has 2 aliphatic rings. The van der Waals surface area contributed by atoms with Crippen LogP contribution in [0, 0.1) is 22.0 Å². The minimum atomic E-state index is -1.07. The van der Waals surface area contributed by atoms with Gasteiger partial charge in [0, 0.05) is 17.2 Å². The van der Waals surface area contributed by atoms with E-state index in [2.05, 4.69) is 4.98 Å². The van der Waals surface area contributed by atoms with Gasteiger partial charge in [0.15, 0.2) is 0 Å². The summed E-state index contributed by atoms with van der Waals surface area (Å²) in [6.45, 7) is 0.0237. The molecule has 1 saturated heterocycles. The number of nitrogens with one attached hydrogen (secondary N) is 1. The Morgan fingerprint density at radius 2 is 1.50 bits per heavy atom. The van der Waals surface area contributed by atoms with Crippen LogP contribution in [0.5, 0.6) is 5.75 Å². The summed E-state index contributed by atoms with van der Waals surface area (Å²) in [5.74, 6) is -0.267. The Hall–Kier alpha value is -4.54. The lowest BCUT2D eigenvalue weighted by atomic mass is 9.80. The maximum Gasteiger partial charge on any atom is 0.330 e. The molecule has 40 heavy (non-hydrogen) atoms. The van der Waals surface area contributed by atoms with Crippen molar-refractivity contribution in [1.82, 2.24) is 9.55 Å². The lowest BCUT2D eigenvalue weighted by molar-refractivity contribution is -0.507. The highest BCUT2D eigenvalue weighted by Gasteiger charge is 2.73. The summed E-state index contributed by atoms with van der Waals surface area (Å²) in [5, 5.41) is 11.9. The van der Waals surface area contributed by atoms with Gasteiger partial charge in [-0.2, -0.15) is 0 Å². The highest BCUT2D eigenvalue weighted by molar-refractivity contribution is 5.48. The van der Waals surface area contributed by atoms with Gasteiger partial charge < -0.3 is 14.2 Å². The van der Waals surface area contributed by atoms with E-state index in [-0.39, 0.29) is 11.5 Å². The third kappa shape index (κ3) is 4.31. The normalized spacial score (nSPS) is 23.4. The van der Waals surface area contributed by atoms with Crippen molar-refractivity contribution in [2.75, 3.05) is 13.7 Å². The maximum atomic E-state index is 12.5. The Kier molecular flexibility index (Phi) is 6.57. The number of methoxy groups -OCH3 is 1. The smallest absolute Gasteiger partial charge is 0.330 e. The van der Waals surface area contributed by atoms with Crippen LogP contribution in [-0.4, -0.2) is 40.3 Å².